The fraction of sp³-hybridized carbons (Fsp3) is 0.111. The summed E-state index contributed by atoms with van der Waals surface area (Å²) in [5.41, 5.74) is 5.42. The summed E-state index contributed by atoms with van der Waals surface area (Å²) in [4.78, 5) is 9.14. The van der Waals surface area contributed by atoms with Gasteiger partial charge in [-0.25, -0.2) is 4.99 Å². The molecule has 0 saturated carbocycles. The van der Waals surface area contributed by atoms with Crippen molar-refractivity contribution in [3.63, 3.8) is 0 Å². The summed E-state index contributed by atoms with van der Waals surface area (Å²) in [7, 11) is 2.92. The Morgan fingerprint density at radius 3 is 2.35 bits per heavy atom. The van der Waals surface area contributed by atoms with Gasteiger partial charge < -0.3 is 14.5 Å². The van der Waals surface area contributed by atoms with Gasteiger partial charge >= 0.3 is 49.8 Å². The molecule has 0 aromatic heterocycles. The Balaban J connectivity index is 0.000000764. The van der Waals surface area contributed by atoms with E-state index in [0.717, 1.165) is 38.8 Å². The predicted molar refractivity (Wildman–Crippen MR) is 154 cm³/mol. The Morgan fingerprint density at radius 1 is 0.882 bits per heavy atom. The van der Waals surface area contributed by atoms with Crippen LogP contribution in [0, 0.1) is 6.67 Å². The molecule has 2 heterocycles. The fourth-order valence-corrected chi connectivity index (χ4v) is 4.40. The molecule has 0 amide bonds. The molecule has 4 aromatic carbocycles. The zero-order chi connectivity index (χ0) is 23.5. The van der Waals surface area contributed by atoms with Gasteiger partial charge in [0.25, 0.3) is 0 Å². The summed E-state index contributed by atoms with van der Waals surface area (Å²) in [6, 6.07) is 31.4. The molecule has 2 aliphatic heterocycles. The first-order valence-corrected chi connectivity index (χ1v) is 19.9. The van der Waals surface area contributed by atoms with E-state index in [-0.39, 0.29) is 6.04 Å². The van der Waals surface area contributed by atoms with E-state index in [4.69, 9.17) is 9.73 Å². The van der Waals surface area contributed by atoms with Crippen molar-refractivity contribution in [1.82, 2.24) is 0 Å². The number of anilines is 3. The molecule has 34 heavy (non-hydrogen) atoms. The molecule has 7 heteroatoms. The molecule has 0 saturated heterocycles. The SMILES string of the molecule is CN1[C]N(c2c(C3=N[C@@H](c4ccccc4)CO3)ccc3ccccc23)c2ccccc21.[I][Pd][I]. The van der Waals surface area contributed by atoms with E-state index in [2.05, 4.69) is 123 Å². The fourth-order valence-electron chi connectivity index (χ4n) is 4.40. The predicted octanol–water partition coefficient (Wildman–Crippen LogP) is 7.71. The number of rotatable bonds is 3. The zero-order valence-electron chi connectivity index (χ0n) is 18.3. The number of aliphatic imine (C=N–C) groups is 1. The van der Waals surface area contributed by atoms with Gasteiger partial charge in [-0.1, -0.05) is 72.8 Å². The molecule has 0 spiro atoms. The Labute approximate surface area is 229 Å². The molecule has 0 unspecified atom stereocenters. The van der Waals surface area contributed by atoms with E-state index in [1.807, 2.05) is 30.1 Å². The van der Waals surface area contributed by atoms with E-state index >= 15 is 0 Å². The van der Waals surface area contributed by atoms with Gasteiger partial charge in [0, 0.05) is 12.4 Å². The molecule has 0 bridgehead atoms. The summed E-state index contributed by atoms with van der Waals surface area (Å²) in [6.07, 6.45) is 0. The van der Waals surface area contributed by atoms with E-state index in [1.165, 1.54) is 10.9 Å². The van der Waals surface area contributed by atoms with Gasteiger partial charge in [0.2, 0.25) is 12.6 Å². The van der Waals surface area contributed by atoms with Crippen molar-refractivity contribution in [3.05, 3.63) is 109 Å². The van der Waals surface area contributed by atoms with Crippen molar-refractivity contribution < 1.29 is 15.5 Å². The number of halogens is 2. The number of benzene rings is 4. The minimum absolute atomic E-state index is 0.0111. The van der Waals surface area contributed by atoms with Crippen LogP contribution in [-0.4, -0.2) is 19.6 Å². The van der Waals surface area contributed by atoms with Crippen LogP contribution < -0.4 is 9.80 Å². The van der Waals surface area contributed by atoms with Crippen LogP contribution >= 0.6 is 39.0 Å². The van der Waals surface area contributed by atoms with Crippen LogP contribution in [0.25, 0.3) is 10.8 Å². The number of ether oxygens (including phenoxy) is 1. The van der Waals surface area contributed by atoms with Gasteiger partial charge in [0.05, 0.1) is 22.6 Å². The molecule has 6 rings (SSSR count). The van der Waals surface area contributed by atoms with Crippen molar-refractivity contribution in [2.45, 2.75) is 6.04 Å². The van der Waals surface area contributed by atoms with Gasteiger partial charge in [-0.05, 0) is 29.1 Å². The van der Waals surface area contributed by atoms with Gasteiger partial charge in [0.1, 0.15) is 12.6 Å². The second-order valence-electron chi connectivity index (χ2n) is 7.88. The first kappa shape index (κ1) is 24.0. The Hall–Kier alpha value is -1.67. The van der Waals surface area contributed by atoms with Crippen molar-refractivity contribution in [1.29, 1.82) is 0 Å². The summed E-state index contributed by atoms with van der Waals surface area (Å²) in [5.74, 6) is 0.684. The third-order valence-corrected chi connectivity index (χ3v) is 5.92. The van der Waals surface area contributed by atoms with Crippen molar-refractivity contribution in [2.24, 2.45) is 4.99 Å². The van der Waals surface area contributed by atoms with Gasteiger partial charge in [-0.2, -0.15) is 0 Å². The second kappa shape index (κ2) is 10.9. The topological polar surface area (TPSA) is 28.1 Å². The molecule has 2 aliphatic rings. The number of fused-ring (bicyclic) bond motifs is 2. The zero-order valence-corrected chi connectivity index (χ0v) is 24.1. The Morgan fingerprint density at radius 2 is 1.56 bits per heavy atom. The molecule has 174 valence electrons. The van der Waals surface area contributed by atoms with E-state index in [1.54, 1.807) is 0 Å². The van der Waals surface area contributed by atoms with Crippen LogP contribution in [0.4, 0.5) is 17.1 Å². The Kier molecular flexibility index (Phi) is 7.74. The average molecular weight is 764 g/mol. The molecule has 4 aromatic rings. The number of hydrogen-bond acceptors (Lipinski definition) is 4. The monoisotopic (exact) mass is 763 g/mol. The number of nitrogens with zero attached hydrogens (tertiary/aromatic N) is 3. The van der Waals surface area contributed by atoms with Gasteiger partial charge in [-0.3, -0.25) is 0 Å². The molecule has 4 nitrogen and oxygen atoms in total. The normalized spacial score (nSPS) is 16.7. The summed E-state index contributed by atoms with van der Waals surface area (Å²) >= 11 is 4.65. The molecule has 2 radical (unpaired) electrons. The molecular weight excluding hydrogens is 743 g/mol. The van der Waals surface area contributed by atoms with Gasteiger partial charge in [-0.15, -0.1) is 0 Å². The average Bonchev–Trinajstić information content (AvgIpc) is 3.50. The number of hydrogen-bond donors (Lipinski definition) is 0. The van der Waals surface area contributed by atoms with Crippen LogP contribution in [0.3, 0.4) is 0 Å². The van der Waals surface area contributed by atoms with Crippen LogP contribution in [-0.2, 0) is 15.5 Å². The van der Waals surface area contributed by atoms with Crippen LogP contribution in [0.15, 0.2) is 96.0 Å². The van der Waals surface area contributed by atoms with Crippen LogP contribution in [0.1, 0.15) is 17.2 Å². The van der Waals surface area contributed by atoms with Gasteiger partial charge in [0.15, 0.2) is 0 Å². The maximum absolute atomic E-state index is 6.15. The van der Waals surface area contributed by atoms with E-state index in [0.29, 0.717) is 12.5 Å². The standard InChI is InChI=1S/C27H21N3O.2HI.Pd/c1-29-18-30(25-14-8-7-13-24(25)29)26-21-12-6-5-9-19(21)15-16-22(26)27-28-23(17-31-27)20-10-3-2-4-11-20;;;/h2-16,23H,17H2,1H3;2*1H;/q;;;+2/p-2/t23-;;;/m1.../s1. The Bertz CT molecular complexity index is 1330. The first-order valence-electron chi connectivity index (χ1n) is 10.7. The third-order valence-electron chi connectivity index (χ3n) is 5.92. The molecule has 0 aliphatic carbocycles. The molecule has 0 fully saturated rings. The molecular formula is C27H21I2N3OPd. The minimum atomic E-state index is 0.0111. The maximum atomic E-state index is 6.15. The quantitative estimate of drug-likeness (QED) is 0.158. The van der Waals surface area contributed by atoms with Crippen LogP contribution in [0.5, 0.6) is 0 Å². The van der Waals surface area contributed by atoms with Crippen molar-refractivity contribution >= 4 is 72.8 Å². The molecule has 1 atom stereocenters. The summed E-state index contributed by atoms with van der Waals surface area (Å²) < 4.78 is 6.15. The third kappa shape index (κ3) is 4.72. The van der Waals surface area contributed by atoms with E-state index < -0.39 is 0 Å². The second-order valence-corrected chi connectivity index (χ2v) is 19.9. The van der Waals surface area contributed by atoms with Crippen molar-refractivity contribution in [2.75, 3.05) is 23.5 Å². The summed E-state index contributed by atoms with van der Waals surface area (Å²) in [6.45, 7) is 4.04. The molecule has 0 N–H and O–H groups in total. The van der Waals surface area contributed by atoms with E-state index in [9.17, 15) is 0 Å². The number of para-hydroxylation sites is 2. The first-order chi connectivity index (χ1) is 16.7. The van der Waals surface area contributed by atoms with Crippen molar-refractivity contribution in [3.8, 4) is 0 Å². The van der Waals surface area contributed by atoms with Crippen LogP contribution in [0.2, 0.25) is 0 Å². The summed E-state index contributed by atoms with van der Waals surface area (Å²) in [5, 5.41) is 2.32.